The van der Waals surface area contributed by atoms with Crippen LogP contribution in [-0.2, 0) is 0 Å². The molecule has 1 aliphatic rings. The monoisotopic (exact) mass is 243 g/mol. The van der Waals surface area contributed by atoms with Crippen molar-refractivity contribution in [3.63, 3.8) is 0 Å². The number of hydrogen-bond acceptors (Lipinski definition) is 1. The van der Waals surface area contributed by atoms with Crippen LogP contribution in [0, 0.1) is 5.41 Å². The molecule has 1 saturated carbocycles. The van der Waals surface area contributed by atoms with E-state index in [4.69, 9.17) is 28.9 Å². The summed E-state index contributed by atoms with van der Waals surface area (Å²) in [4.78, 5) is 0. The van der Waals surface area contributed by atoms with Crippen molar-refractivity contribution in [2.75, 3.05) is 0 Å². The van der Waals surface area contributed by atoms with Crippen molar-refractivity contribution < 1.29 is 0 Å². The first kappa shape index (κ1) is 11.3. The number of rotatable bonds is 1. The molecule has 2 atom stereocenters. The molecule has 1 fully saturated rings. The van der Waals surface area contributed by atoms with Gasteiger partial charge in [0.25, 0.3) is 0 Å². The SMILES string of the molecule is CC1(C)C(N)CC1c1ccc(Cl)cc1Cl. The Bertz CT molecular complexity index is 387. The highest BCUT2D eigenvalue weighted by Crippen LogP contribution is 2.53. The summed E-state index contributed by atoms with van der Waals surface area (Å²) in [6, 6.07) is 5.98. The lowest BCUT2D eigenvalue weighted by molar-refractivity contribution is 0.0985. The van der Waals surface area contributed by atoms with Gasteiger partial charge in [-0.15, -0.1) is 0 Å². The Hall–Kier alpha value is -0.240. The van der Waals surface area contributed by atoms with E-state index in [0.29, 0.717) is 10.9 Å². The van der Waals surface area contributed by atoms with Gasteiger partial charge in [0.15, 0.2) is 0 Å². The molecule has 1 aliphatic carbocycles. The van der Waals surface area contributed by atoms with E-state index in [9.17, 15) is 0 Å². The van der Waals surface area contributed by atoms with E-state index in [1.807, 2.05) is 12.1 Å². The third-order valence-corrected chi connectivity index (χ3v) is 4.24. The van der Waals surface area contributed by atoms with Crippen LogP contribution in [0.2, 0.25) is 10.0 Å². The van der Waals surface area contributed by atoms with Gasteiger partial charge in [-0.05, 0) is 35.4 Å². The first-order chi connectivity index (χ1) is 6.93. The molecule has 0 bridgehead atoms. The summed E-state index contributed by atoms with van der Waals surface area (Å²) in [5.74, 6) is 0.456. The van der Waals surface area contributed by atoms with Gasteiger partial charge in [-0.2, -0.15) is 0 Å². The Morgan fingerprint density at radius 3 is 2.47 bits per heavy atom. The van der Waals surface area contributed by atoms with Crippen LogP contribution >= 0.6 is 23.2 Å². The van der Waals surface area contributed by atoms with Crippen LogP contribution in [-0.4, -0.2) is 6.04 Å². The molecule has 2 unspecified atom stereocenters. The summed E-state index contributed by atoms with van der Waals surface area (Å²) in [6.45, 7) is 4.38. The molecule has 1 aromatic rings. The second-order valence-corrected chi connectivity index (χ2v) is 5.73. The zero-order chi connectivity index (χ0) is 11.2. The lowest BCUT2D eigenvalue weighted by Gasteiger charge is -2.51. The van der Waals surface area contributed by atoms with Gasteiger partial charge in [-0.3, -0.25) is 0 Å². The fraction of sp³-hybridized carbons (Fsp3) is 0.500. The average Bonchev–Trinajstić information content (AvgIpc) is 2.15. The quantitative estimate of drug-likeness (QED) is 0.798. The first-order valence-corrected chi connectivity index (χ1v) is 5.89. The molecule has 0 saturated heterocycles. The van der Waals surface area contributed by atoms with Gasteiger partial charge < -0.3 is 5.73 Å². The highest BCUT2D eigenvalue weighted by molar-refractivity contribution is 6.35. The second kappa shape index (κ2) is 3.65. The molecule has 82 valence electrons. The number of nitrogens with two attached hydrogens (primary N) is 1. The van der Waals surface area contributed by atoms with Crippen molar-refractivity contribution in [1.82, 2.24) is 0 Å². The Kier molecular flexibility index (Phi) is 2.74. The lowest BCUT2D eigenvalue weighted by Crippen LogP contribution is -2.52. The van der Waals surface area contributed by atoms with Gasteiger partial charge in [0.2, 0.25) is 0 Å². The molecule has 0 aliphatic heterocycles. The molecule has 2 rings (SSSR count). The van der Waals surface area contributed by atoms with Crippen LogP contribution in [0.15, 0.2) is 18.2 Å². The normalized spacial score (nSPS) is 28.6. The zero-order valence-electron chi connectivity index (χ0n) is 8.93. The van der Waals surface area contributed by atoms with Crippen LogP contribution in [0.25, 0.3) is 0 Å². The molecule has 0 heterocycles. The summed E-state index contributed by atoms with van der Waals surface area (Å²) >= 11 is 12.1. The maximum absolute atomic E-state index is 6.19. The fourth-order valence-electron chi connectivity index (χ4n) is 2.27. The highest BCUT2D eigenvalue weighted by Gasteiger charge is 2.47. The van der Waals surface area contributed by atoms with E-state index in [1.165, 1.54) is 5.56 Å². The molecular weight excluding hydrogens is 229 g/mol. The molecule has 2 N–H and O–H groups in total. The number of benzene rings is 1. The fourth-order valence-corrected chi connectivity index (χ4v) is 2.81. The molecule has 1 aromatic carbocycles. The van der Waals surface area contributed by atoms with Crippen molar-refractivity contribution in [1.29, 1.82) is 0 Å². The number of halogens is 2. The molecular formula is C12H15Cl2N. The lowest BCUT2D eigenvalue weighted by atomic mass is 9.57. The molecule has 0 aromatic heterocycles. The van der Waals surface area contributed by atoms with Crippen molar-refractivity contribution in [3.05, 3.63) is 33.8 Å². The topological polar surface area (TPSA) is 26.0 Å². The van der Waals surface area contributed by atoms with Crippen molar-refractivity contribution >= 4 is 23.2 Å². The zero-order valence-corrected chi connectivity index (χ0v) is 10.4. The number of hydrogen-bond donors (Lipinski definition) is 1. The minimum atomic E-state index is 0.136. The van der Waals surface area contributed by atoms with E-state index in [1.54, 1.807) is 6.07 Å². The minimum Gasteiger partial charge on any atom is -0.327 e. The third-order valence-electron chi connectivity index (χ3n) is 3.68. The largest absolute Gasteiger partial charge is 0.327 e. The first-order valence-electron chi connectivity index (χ1n) is 5.13. The van der Waals surface area contributed by atoms with E-state index >= 15 is 0 Å². The molecule has 15 heavy (non-hydrogen) atoms. The molecule has 0 radical (unpaired) electrons. The highest BCUT2D eigenvalue weighted by atomic mass is 35.5. The van der Waals surface area contributed by atoms with Gasteiger partial charge in [0.1, 0.15) is 0 Å². The summed E-state index contributed by atoms with van der Waals surface area (Å²) in [6.07, 6.45) is 1.01. The third kappa shape index (κ3) is 1.77. The van der Waals surface area contributed by atoms with E-state index in [2.05, 4.69) is 13.8 Å². The predicted molar refractivity (Wildman–Crippen MR) is 65.6 cm³/mol. The van der Waals surface area contributed by atoms with Crippen LogP contribution in [0.4, 0.5) is 0 Å². The van der Waals surface area contributed by atoms with Crippen molar-refractivity contribution in [3.8, 4) is 0 Å². The van der Waals surface area contributed by atoms with Gasteiger partial charge in [0, 0.05) is 16.1 Å². The Morgan fingerprint density at radius 2 is 2.00 bits per heavy atom. The standard InChI is InChI=1S/C12H15Cl2N/c1-12(2)9(6-11(12)15)8-4-3-7(13)5-10(8)14/h3-5,9,11H,6,15H2,1-2H3. The van der Waals surface area contributed by atoms with Gasteiger partial charge in [-0.1, -0.05) is 43.1 Å². The molecule has 3 heteroatoms. The minimum absolute atomic E-state index is 0.136. The van der Waals surface area contributed by atoms with E-state index < -0.39 is 0 Å². The molecule has 0 amide bonds. The average molecular weight is 244 g/mol. The smallest absolute Gasteiger partial charge is 0.0455 e. The maximum Gasteiger partial charge on any atom is 0.0455 e. The predicted octanol–water partition coefficient (Wildman–Crippen LogP) is 3.83. The van der Waals surface area contributed by atoms with Crippen LogP contribution in [0.5, 0.6) is 0 Å². The summed E-state index contributed by atoms with van der Waals surface area (Å²) in [5.41, 5.74) is 7.31. The van der Waals surface area contributed by atoms with Gasteiger partial charge in [-0.25, -0.2) is 0 Å². The summed E-state index contributed by atoms with van der Waals surface area (Å²) < 4.78 is 0. The van der Waals surface area contributed by atoms with Crippen LogP contribution in [0.3, 0.4) is 0 Å². The van der Waals surface area contributed by atoms with Crippen LogP contribution in [0.1, 0.15) is 31.7 Å². The van der Waals surface area contributed by atoms with Crippen LogP contribution < -0.4 is 5.73 Å². The summed E-state index contributed by atoms with van der Waals surface area (Å²) in [7, 11) is 0. The van der Waals surface area contributed by atoms with Crippen molar-refractivity contribution in [2.24, 2.45) is 11.1 Å². The van der Waals surface area contributed by atoms with Crippen molar-refractivity contribution in [2.45, 2.75) is 32.2 Å². The maximum atomic E-state index is 6.19. The molecule has 1 nitrogen and oxygen atoms in total. The van der Waals surface area contributed by atoms with E-state index in [-0.39, 0.29) is 11.5 Å². The molecule has 0 spiro atoms. The Balaban J connectivity index is 2.32. The van der Waals surface area contributed by atoms with Gasteiger partial charge >= 0.3 is 0 Å². The second-order valence-electron chi connectivity index (χ2n) is 4.88. The Morgan fingerprint density at radius 1 is 1.33 bits per heavy atom. The van der Waals surface area contributed by atoms with E-state index in [0.717, 1.165) is 11.4 Å². The summed E-state index contributed by atoms with van der Waals surface area (Å²) in [5, 5.41) is 1.44. The van der Waals surface area contributed by atoms with Gasteiger partial charge in [0.05, 0.1) is 0 Å². The Labute approximate surface area is 101 Å².